The lowest BCUT2D eigenvalue weighted by atomic mass is 9.99. The number of phenols is 1. The van der Waals surface area contributed by atoms with E-state index in [4.69, 9.17) is 22.1 Å². The molecule has 4 amide bonds. The van der Waals surface area contributed by atoms with E-state index in [0.717, 1.165) is 0 Å². The van der Waals surface area contributed by atoms with Crippen molar-refractivity contribution in [3.8, 4) is 5.75 Å². The van der Waals surface area contributed by atoms with Crippen LogP contribution in [-0.2, 0) is 19.1 Å². The van der Waals surface area contributed by atoms with E-state index in [1.54, 1.807) is 71.9 Å². The van der Waals surface area contributed by atoms with Crippen LogP contribution >= 0.6 is 11.6 Å². The van der Waals surface area contributed by atoms with Gasteiger partial charge >= 0.3 is 6.09 Å². The van der Waals surface area contributed by atoms with Gasteiger partial charge < -0.3 is 31.1 Å². The van der Waals surface area contributed by atoms with Crippen molar-refractivity contribution >= 4 is 41.1 Å². The molecular formula is C28H37ClN4O6. The van der Waals surface area contributed by atoms with Crippen LogP contribution in [0.15, 0.2) is 42.5 Å². The number of hydrogen-bond acceptors (Lipinski definition) is 6. The van der Waals surface area contributed by atoms with Crippen molar-refractivity contribution in [3.63, 3.8) is 0 Å². The molecule has 0 bridgehead atoms. The molecule has 0 saturated carbocycles. The van der Waals surface area contributed by atoms with Gasteiger partial charge in [-0.25, -0.2) is 4.79 Å². The van der Waals surface area contributed by atoms with Crippen LogP contribution in [0.25, 0.3) is 0 Å². The Kier molecular flexibility index (Phi) is 10.7. The molecule has 0 aliphatic heterocycles. The topological polar surface area (TPSA) is 151 Å². The SMILES string of the molecule is Cc1cccc(Cl)c1NC(=O)C(c1cccc(O)c1)N(C(=O)C(CCC(N)=O)NC(=O)OC(C)(C)C)C(C)C. The van der Waals surface area contributed by atoms with Crippen molar-refractivity contribution in [1.82, 2.24) is 10.2 Å². The van der Waals surface area contributed by atoms with Crippen molar-refractivity contribution in [2.75, 3.05) is 5.32 Å². The maximum absolute atomic E-state index is 14.0. The second-order valence-electron chi connectivity index (χ2n) is 10.5. The van der Waals surface area contributed by atoms with Crippen LogP contribution in [0.1, 0.15) is 64.6 Å². The van der Waals surface area contributed by atoms with Crippen LogP contribution in [0.3, 0.4) is 0 Å². The zero-order chi connectivity index (χ0) is 29.5. The number of para-hydroxylation sites is 1. The molecule has 2 aromatic rings. The van der Waals surface area contributed by atoms with Gasteiger partial charge in [0, 0.05) is 12.5 Å². The Morgan fingerprint density at radius 3 is 2.28 bits per heavy atom. The first-order valence-electron chi connectivity index (χ1n) is 12.6. The van der Waals surface area contributed by atoms with Crippen LogP contribution in [-0.4, -0.2) is 51.5 Å². The molecule has 0 aliphatic carbocycles. The first-order chi connectivity index (χ1) is 18.1. The fourth-order valence-corrected chi connectivity index (χ4v) is 4.24. The van der Waals surface area contributed by atoms with Crippen LogP contribution in [0, 0.1) is 6.92 Å². The average molecular weight is 561 g/mol. The van der Waals surface area contributed by atoms with E-state index in [2.05, 4.69) is 10.6 Å². The molecule has 10 nitrogen and oxygen atoms in total. The molecule has 2 rings (SSSR count). The zero-order valence-electron chi connectivity index (χ0n) is 23.1. The molecule has 5 N–H and O–H groups in total. The van der Waals surface area contributed by atoms with Gasteiger partial charge in [0.05, 0.1) is 10.7 Å². The lowest BCUT2D eigenvalue weighted by Crippen LogP contribution is -2.54. The van der Waals surface area contributed by atoms with Gasteiger partial charge in [0.25, 0.3) is 5.91 Å². The zero-order valence-corrected chi connectivity index (χ0v) is 23.8. The Labute approximate surface area is 233 Å². The summed E-state index contributed by atoms with van der Waals surface area (Å²) in [6.45, 7) is 10.2. The van der Waals surface area contributed by atoms with Crippen molar-refractivity contribution in [1.29, 1.82) is 0 Å². The standard InChI is InChI=1S/C28H37ClN4O6/c1-16(2)33(26(37)21(13-14-22(30)35)31-27(38)39-28(4,5)6)24(18-10-8-11-19(34)15-18)25(36)32-23-17(3)9-7-12-20(23)29/h7-12,15-16,21,24,34H,13-14H2,1-6H3,(H2,30,35)(H,31,38)(H,32,36). The van der Waals surface area contributed by atoms with Crippen molar-refractivity contribution in [2.24, 2.45) is 5.73 Å². The number of amides is 4. The number of halogens is 1. The summed E-state index contributed by atoms with van der Waals surface area (Å²) in [5.74, 6) is -2.00. The summed E-state index contributed by atoms with van der Waals surface area (Å²) in [4.78, 5) is 53.3. The number of carbonyl (C=O) groups is 4. The lowest BCUT2D eigenvalue weighted by molar-refractivity contribution is -0.143. The molecule has 0 heterocycles. The monoisotopic (exact) mass is 560 g/mol. The summed E-state index contributed by atoms with van der Waals surface area (Å²) < 4.78 is 5.32. The van der Waals surface area contributed by atoms with Gasteiger partial charge in [-0.1, -0.05) is 35.9 Å². The summed E-state index contributed by atoms with van der Waals surface area (Å²) in [7, 11) is 0. The second-order valence-corrected chi connectivity index (χ2v) is 10.9. The Bertz CT molecular complexity index is 1190. The fourth-order valence-electron chi connectivity index (χ4n) is 3.97. The molecule has 2 atom stereocenters. The summed E-state index contributed by atoms with van der Waals surface area (Å²) in [5.41, 5.74) is 5.90. The Morgan fingerprint density at radius 2 is 1.74 bits per heavy atom. The van der Waals surface area contributed by atoms with E-state index < -0.39 is 47.5 Å². The summed E-state index contributed by atoms with van der Waals surface area (Å²) in [6, 6.07) is 8.11. The van der Waals surface area contributed by atoms with Gasteiger partial charge in [0.1, 0.15) is 23.4 Å². The molecule has 0 aromatic heterocycles. The number of aromatic hydroxyl groups is 1. The number of benzene rings is 2. The first-order valence-corrected chi connectivity index (χ1v) is 12.9. The van der Waals surface area contributed by atoms with Crippen LogP contribution in [0.4, 0.5) is 10.5 Å². The van der Waals surface area contributed by atoms with E-state index in [1.165, 1.54) is 17.0 Å². The normalized spacial score (nSPS) is 12.8. The number of nitrogens with one attached hydrogen (secondary N) is 2. The predicted molar refractivity (Wildman–Crippen MR) is 149 cm³/mol. The largest absolute Gasteiger partial charge is 0.508 e. The fraction of sp³-hybridized carbons (Fsp3) is 0.429. The number of aryl methyl sites for hydroxylation is 1. The molecule has 0 aliphatic rings. The molecule has 2 unspecified atom stereocenters. The molecule has 0 fully saturated rings. The number of hydrogen-bond donors (Lipinski definition) is 4. The summed E-state index contributed by atoms with van der Waals surface area (Å²) in [6.07, 6.45) is -1.17. The Hall–Kier alpha value is -3.79. The molecule has 0 radical (unpaired) electrons. The minimum Gasteiger partial charge on any atom is -0.508 e. The van der Waals surface area contributed by atoms with E-state index in [1.807, 2.05) is 0 Å². The number of anilines is 1. The van der Waals surface area contributed by atoms with Gasteiger partial charge in [0.2, 0.25) is 11.8 Å². The van der Waals surface area contributed by atoms with Gasteiger partial charge in [-0.2, -0.15) is 0 Å². The van der Waals surface area contributed by atoms with Crippen LogP contribution in [0.5, 0.6) is 5.75 Å². The molecule has 212 valence electrons. The number of ether oxygens (including phenoxy) is 1. The Balaban J connectivity index is 2.57. The number of nitrogens with two attached hydrogens (primary N) is 1. The van der Waals surface area contributed by atoms with E-state index in [0.29, 0.717) is 21.8 Å². The first kappa shape index (κ1) is 31.4. The molecular weight excluding hydrogens is 524 g/mol. The van der Waals surface area contributed by atoms with Crippen molar-refractivity contribution in [3.05, 3.63) is 58.6 Å². The highest BCUT2D eigenvalue weighted by atomic mass is 35.5. The van der Waals surface area contributed by atoms with Gasteiger partial charge in [-0.05, 0) is 77.3 Å². The van der Waals surface area contributed by atoms with Crippen molar-refractivity contribution < 1.29 is 29.0 Å². The molecule has 2 aromatic carbocycles. The quantitative estimate of drug-likeness (QED) is 0.337. The van der Waals surface area contributed by atoms with E-state index in [-0.39, 0.29) is 18.6 Å². The van der Waals surface area contributed by atoms with Crippen molar-refractivity contribution in [2.45, 2.75) is 78.1 Å². The highest BCUT2D eigenvalue weighted by Gasteiger charge is 2.38. The smallest absolute Gasteiger partial charge is 0.408 e. The van der Waals surface area contributed by atoms with E-state index in [9.17, 15) is 24.3 Å². The maximum atomic E-state index is 14.0. The third-order valence-corrected chi connectivity index (χ3v) is 5.98. The average Bonchev–Trinajstić information content (AvgIpc) is 2.80. The molecule has 39 heavy (non-hydrogen) atoms. The minimum atomic E-state index is -1.24. The van der Waals surface area contributed by atoms with Gasteiger partial charge in [-0.15, -0.1) is 0 Å². The molecule has 11 heteroatoms. The third-order valence-electron chi connectivity index (χ3n) is 5.66. The molecule has 0 spiro atoms. The summed E-state index contributed by atoms with van der Waals surface area (Å²) >= 11 is 6.35. The van der Waals surface area contributed by atoms with E-state index >= 15 is 0 Å². The number of carbonyl (C=O) groups excluding carboxylic acids is 4. The summed E-state index contributed by atoms with van der Waals surface area (Å²) in [5, 5.41) is 15.8. The highest BCUT2D eigenvalue weighted by Crippen LogP contribution is 2.31. The lowest BCUT2D eigenvalue weighted by Gasteiger charge is -2.37. The number of rotatable bonds is 10. The molecule has 0 saturated heterocycles. The van der Waals surface area contributed by atoms with Crippen LogP contribution < -0.4 is 16.4 Å². The van der Waals surface area contributed by atoms with Crippen LogP contribution in [0.2, 0.25) is 5.02 Å². The minimum absolute atomic E-state index is 0.104. The number of phenolic OH excluding ortho intramolecular Hbond substituents is 1. The van der Waals surface area contributed by atoms with Gasteiger partial charge in [-0.3, -0.25) is 14.4 Å². The maximum Gasteiger partial charge on any atom is 0.408 e. The highest BCUT2D eigenvalue weighted by molar-refractivity contribution is 6.34. The number of alkyl carbamates (subject to hydrolysis) is 1. The number of primary amides is 1. The predicted octanol–water partition coefficient (Wildman–Crippen LogP) is 4.43. The van der Waals surface area contributed by atoms with Gasteiger partial charge in [0.15, 0.2) is 0 Å². The second kappa shape index (κ2) is 13.3. The number of nitrogens with zero attached hydrogens (tertiary/aromatic N) is 1. The third kappa shape index (κ3) is 9.17. The Morgan fingerprint density at radius 1 is 1.10 bits per heavy atom.